The second-order valence-electron chi connectivity index (χ2n) is 6.43. The molecule has 6 nitrogen and oxygen atoms in total. The van der Waals surface area contributed by atoms with Crippen LogP contribution in [0.5, 0.6) is 0 Å². The largest absolute Gasteiger partial charge is 0.467 e. The van der Waals surface area contributed by atoms with E-state index in [1.54, 1.807) is 4.90 Å². The molecular formula is C14H23NO5. The maximum atomic E-state index is 12.2. The third-order valence-corrected chi connectivity index (χ3v) is 3.77. The highest BCUT2D eigenvalue weighted by atomic mass is 16.6. The number of methoxy groups -OCH3 is 1. The zero-order chi connectivity index (χ0) is 15.0. The van der Waals surface area contributed by atoms with Gasteiger partial charge in [-0.1, -0.05) is 0 Å². The Kier molecular flexibility index (Phi) is 3.95. The first-order valence-electron chi connectivity index (χ1n) is 6.99. The molecule has 0 aromatic carbocycles. The molecule has 2 fully saturated rings. The Morgan fingerprint density at radius 2 is 2.05 bits per heavy atom. The Balaban J connectivity index is 2.14. The number of nitrogens with zero attached hydrogens (tertiary/aromatic N) is 1. The molecule has 0 bridgehead atoms. The van der Waals surface area contributed by atoms with Crippen molar-refractivity contribution in [3.05, 3.63) is 0 Å². The minimum Gasteiger partial charge on any atom is -0.467 e. The number of carbonyl (C=O) groups is 2. The van der Waals surface area contributed by atoms with E-state index < -0.39 is 23.3 Å². The SMILES string of the molecule is COC(=O)C12CN(C(=O)OC(C)(C)C)CC1CCCO2. The Hall–Kier alpha value is -1.30. The summed E-state index contributed by atoms with van der Waals surface area (Å²) in [7, 11) is 1.35. The van der Waals surface area contributed by atoms with Crippen LogP contribution in [-0.4, -0.2) is 55.0 Å². The van der Waals surface area contributed by atoms with Crippen LogP contribution in [0.4, 0.5) is 4.79 Å². The van der Waals surface area contributed by atoms with Crippen molar-refractivity contribution in [2.24, 2.45) is 5.92 Å². The summed E-state index contributed by atoms with van der Waals surface area (Å²) in [4.78, 5) is 25.8. The summed E-state index contributed by atoms with van der Waals surface area (Å²) in [6.07, 6.45) is 1.35. The van der Waals surface area contributed by atoms with Gasteiger partial charge in [0.15, 0.2) is 5.60 Å². The smallest absolute Gasteiger partial charge is 0.410 e. The molecule has 2 aliphatic rings. The molecule has 0 radical (unpaired) electrons. The van der Waals surface area contributed by atoms with Gasteiger partial charge in [-0.05, 0) is 33.6 Å². The van der Waals surface area contributed by atoms with E-state index in [-0.39, 0.29) is 12.5 Å². The third kappa shape index (κ3) is 2.75. The average Bonchev–Trinajstić information content (AvgIpc) is 2.76. The van der Waals surface area contributed by atoms with Crippen LogP contribution in [0.25, 0.3) is 0 Å². The monoisotopic (exact) mass is 285 g/mol. The highest BCUT2D eigenvalue weighted by Crippen LogP contribution is 2.39. The Labute approximate surface area is 119 Å². The number of amides is 1. The van der Waals surface area contributed by atoms with E-state index in [2.05, 4.69) is 0 Å². The first-order valence-corrected chi connectivity index (χ1v) is 6.99. The first-order chi connectivity index (χ1) is 9.28. The highest BCUT2D eigenvalue weighted by Gasteiger charge is 2.57. The van der Waals surface area contributed by atoms with Crippen molar-refractivity contribution < 1.29 is 23.8 Å². The van der Waals surface area contributed by atoms with Crippen LogP contribution < -0.4 is 0 Å². The van der Waals surface area contributed by atoms with Crippen molar-refractivity contribution in [2.45, 2.75) is 44.8 Å². The molecule has 0 spiro atoms. The quantitative estimate of drug-likeness (QED) is 0.684. The first kappa shape index (κ1) is 15.1. The maximum Gasteiger partial charge on any atom is 0.410 e. The number of fused-ring (bicyclic) bond motifs is 1. The van der Waals surface area contributed by atoms with Crippen molar-refractivity contribution in [3.63, 3.8) is 0 Å². The van der Waals surface area contributed by atoms with E-state index in [1.165, 1.54) is 7.11 Å². The van der Waals surface area contributed by atoms with Gasteiger partial charge in [0, 0.05) is 19.1 Å². The van der Waals surface area contributed by atoms with Gasteiger partial charge in [0.2, 0.25) is 0 Å². The molecule has 2 unspecified atom stereocenters. The van der Waals surface area contributed by atoms with Crippen LogP contribution in [0.15, 0.2) is 0 Å². The predicted octanol–water partition coefficient (Wildman–Crippen LogP) is 1.58. The lowest BCUT2D eigenvalue weighted by atomic mass is 9.85. The van der Waals surface area contributed by atoms with Crippen LogP contribution in [0.1, 0.15) is 33.6 Å². The van der Waals surface area contributed by atoms with E-state index in [0.717, 1.165) is 12.8 Å². The van der Waals surface area contributed by atoms with Crippen molar-refractivity contribution in [1.82, 2.24) is 4.90 Å². The Morgan fingerprint density at radius 3 is 2.65 bits per heavy atom. The molecule has 0 N–H and O–H groups in total. The zero-order valence-corrected chi connectivity index (χ0v) is 12.6. The minimum absolute atomic E-state index is 0.0174. The molecule has 2 rings (SSSR count). The fraction of sp³-hybridized carbons (Fsp3) is 0.857. The van der Waals surface area contributed by atoms with Gasteiger partial charge in [-0.15, -0.1) is 0 Å². The van der Waals surface area contributed by atoms with Crippen LogP contribution >= 0.6 is 0 Å². The number of hydrogen-bond donors (Lipinski definition) is 0. The van der Waals surface area contributed by atoms with Crippen molar-refractivity contribution >= 4 is 12.1 Å². The molecule has 0 aromatic heterocycles. The Morgan fingerprint density at radius 1 is 1.35 bits per heavy atom. The summed E-state index contributed by atoms with van der Waals surface area (Å²) in [5, 5.41) is 0. The van der Waals surface area contributed by atoms with Crippen LogP contribution in [-0.2, 0) is 19.0 Å². The molecule has 0 aromatic rings. The van der Waals surface area contributed by atoms with Gasteiger partial charge in [0.05, 0.1) is 13.7 Å². The van der Waals surface area contributed by atoms with E-state index in [4.69, 9.17) is 14.2 Å². The maximum absolute atomic E-state index is 12.2. The van der Waals surface area contributed by atoms with Crippen molar-refractivity contribution in [2.75, 3.05) is 26.8 Å². The van der Waals surface area contributed by atoms with E-state index in [0.29, 0.717) is 13.2 Å². The second kappa shape index (κ2) is 5.24. The molecule has 6 heteroatoms. The van der Waals surface area contributed by atoms with E-state index in [1.807, 2.05) is 20.8 Å². The third-order valence-electron chi connectivity index (χ3n) is 3.77. The predicted molar refractivity (Wildman–Crippen MR) is 71.2 cm³/mol. The van der Waals surface area contributed by atoms with Gasteiger partial charge in [-0.3, -0.25) is 0 Å². The fourth-order valence-corrected chi connectivity index (χ4v) is 2.89. The molecule has 2 heterocycles. The highest BCUT2D eigenvalue weighted by molar-refractivity contribution is 5.82. The summed E-state index contributed by atoms with van der Waals surface area (Å²) >= 11 is 0. The second-order valence-corrected chi connectivity index (χ2v) is 6.43. The number of carbonyl (C=O) groups excluding carboxylic acids is 2. The molecule has 114 valence electrons. The zero-order valence-electron chi connectivity index (χ0n) is 12.6. The van der Waals surface area contributed by atoms with Gasteiger partial charge in [-0.25, -0.2) is 9.59 Å². The molecule has 2 saturated heterocycles. The van der Waals surface area contributed by atoms with E-state index in [9.17, 15) is 9.59 Å². The van der Waals surface area contributed by atoms with Crippen molar-refractivity contribution in [1.29, 1.82) is 0 Å². The van der Waals surface area contributed by atoms with Crippen LogP contribution in [0.3, 0.4) is 0 Å². The average molecular weight is 285 g/mol. The van der Waals surface area contributed by atoms with Gasteiger partial charge in [0.1, 0.15) is 5.60 Å². The van der Waals surface area contributed by atoms with Gasteiger partial charge >= 0.3 is 12.1 Å². The summed E-state index contributed by atoms with van der Waals surface area (Å²) in [6.45, 7) is 6.67. The summed E-state index contributed by atoms with van der Waals surface area (Å²) in [5.74, 6) is -0.413. The number of ether oxygens (including phenoxy) is 3. The molecule has 20 heavy (non-hydrogen) atoms. The minimum atomic E-state index is -1.01. The summed E-state index contributed by atoms with van der Waals surface area (Å²) in [6, 6.07) is 0. The molecular weight excluding hydrogens is 262 g/mol. The standard InChI is InChI=1S/C14H23NO5/c1-13(2,3)20-12(17)15-8-10-6-5-7-19-14(10,9-15)11(16)18-4/h10H,5-9H2,1-4H3. The lowest BCUT2D eigenvalue weighted by Gasteiger charge is -2.35. The normalized spacial score (nSPS) is 29.8. The van der Waals surface area contributed by atoms with E-state index >= 15 is 0 Å². The Bertz CT molecular complexity index is 403. The number of likely N-dealkylation sites (tertiary alicyclic amines) is 1. The molecule has 2 atom stereocenters. The molecule has 0 saturated carbocycles. The van der Waals surface area contributed by atoms with Gasteiger partial charge in [-0.2, -0.15) is 0 Å². The molecule has 2 aliphatic heterocycles. The van der Waals surface area contributed by atoms with Crippen molar-refractivity contribution in [3.8, 4) is 0 Å². The van der Waals surface area contributed by atoms with Crippen LogP contribution in [0, 0.1) is 5.92 Å². The molecule has 0 aliphatic carbocycles. The number of esters is 1. The summed E-state index contributed by atoms with van der Waals surface area (Å²) < 4.78 is 16.0. The van der Waals surface area contributed by atoms with Crippen LogP contribution in [0.2, 0.25) is 0 Å². The lowest BCUT2D eigenvalue weighted by Crippen LogP contribution is -2.52. The van der Waals surface area contributed by atoms with Gasteiger partial charge < -0.3 is 19.1 Å². The topological polar surface area (TPSA) is 65.1 Å². The summed E-state index contributed by atoms with van der Waals surface area (Å²) in [5.41, 5.74) is -1.56. The molecule has 1 amide bonds. The number of rotatable bonds is 1. The van der Waals surface area contributed by atoms with Gasteiger partial charge in [0.25, 0.3) is 0 Å². The fourth-order valence-electron chi connectivity index (χ4n) is 2.89. The number of hydrogen-bond acceptors (Lipinski definition) is 5. The lowest BCUT2D eigenvalue weighted by molar-refractivity contribution is -0.179.